The second-order valence-corrected chi connectivity index (χ2v) is 6.74. The van der Waals surface area contributed by atoms with Crippen LogP contribution in [-0.4, -0.2) is 35.1 Å². The number of nitrogens with zero attached hydrogens (tertiary/aromatic N) is 1. The van der Waals surface area contributed by atoms with Crippen LogP contribution in [0.3, 0.4) is 0 Å². The number of carbonyl (C=O) groups is 1. The van der Waals surface area contributed by atoms with Gasteiger partial charge in [-0.15, -0.1) is 0 Å². The van der Waals surface area contributed by atoms with Crippen molar-refractivity contribution in [3.8, 4) is 0 Å². The lowest BCUT2D eigenvalue weighted by molar-refractivity contribution is -0.153. The van der Waals surface area contributed by atoms with Gasteiger partial charge in [0.2, 0.25) is 0 Å². The fourth-order valence-electron chi connectivity index (χ4n) is 4.24. The Bertz CT molecular complexity index is 499. The van der Waals surface area contributed by atoms with Gasteiger partial charge in [0.15, 0.2) is 0 Å². The lowest BCUT2D eigenvalue weighted by Gasteiger charge is -2.42. The number of carboxylic acids is 1. The first-order valence-electron chi connectivity index (χ1n) is 8.19. The van der Waals surface area contributed by atoms with Gasteiger partial charge < -0.3 is 5.11 Å². The van der Waals surface area contributed by atoms with Crippen LogP contribution in [0.1, 0.15) is 43.7 Å². The van der Waals surface area contributed by atoms with Crippen molar-refractivity contribution in [2.24, 2.45) is 5.41 Å². The number of rotatable bonds is 4. The normalized spacial score (nSPS) is 26.7. The molecule has 3 heteroatoms. The van der Waals surface area contributed by atoms with Crippen LogP contribution in [0.15, 0.2) is 24.3 Å². The molecule has 1 aromatic rings. The van der Waals surface area contributed by atoms with Crippen molar-refractivity contribution >= 4 is 5.97 Å². The summed E-state index contributed by atoms with van der Waals surface area (Å²) in [6, 6.07) is 9.15. The molecule has 0 aromatic heterocycles. The molecule has 0 bridgehead atoms. The zero-order valence-electron chi connectivity index (χ0n) is 12.8. The van der Waals surface area contributed by atoms with Gasteiger partial charge >= 0.3 is 5.97 Å². The average molecular weight is 287 g/mol. The van der Waals surface area contributed by atoms with Crippen LogP contribution in [0.25, 0.3) is 0 Å². The Hall–Kier alpha value is -1.35. The molecular formula is C18H25NO2. The number of likely N-dealkylation sites (tertiary alicyclic amines) is 1. The predicted octanol–water partition coefficient (Wildman–Crippen LogP) is 3.12. The van der Waals surface area contributed by atoms with Gasteiger partial charge in [-0.05, 0) is 49.8 Å². The first-order chi connectivity index (χ1) is 10.1. The van der Waals surface area contributed by atoms with E-state index in [2.05, 4.69) is 36.1 Å². The predicted molar refractivity (Wildman–Crippen MR) is 83.4 cm³/mol. The highest BCUT2D eigenvalue weighted by Gasteiger charge is 2.43. The molecule has 1 fully saturated rings. The van der Waals surface area contributed by atoms with E-state index < -0.39 is 11.4 Å². The van der Waals surface area contributed by atoms with Crippen molar-refractivity contribution in [1.29, 1.82) is 0 Å². The number of carboxylic acid groups (broad SMARTS) is 1. The molecule has 3 nitrogen and oxygen atoms in total. The molecule has 21 heavy (non-hydrogen) atoms. The van der Waals surface area contributed by atoms with E-state index in [0.717, 1.165) is 51.6 Å². The third kappa shape index (κ3) is 2.71. The standard InChI is InChI=1S/C18H25NO2/c1-2-8-18(17(20)21)9-5-10-19(13-18)16-11-14-6-3-4-7-15(14)12-16/h3-4,6-7,16H,2,5,8-13H2,1H3,(H,20,21). The Kier molecular flexibility index (Phi) is 4.03. The molecule has 1 heterocycles. The number of hydrogen-bond acceptors (Lipinski definition) is 2. The molecule has 114 valence electrons. The monoisotopic (exact) mass is 287 g/mol. The maximum absolute atomic E-state index is 11.8. The smallest absolute Gasteiger partial charge is 0.310 e. The van der Waals surface area contributed by atoms with E-state index in [0.29, 0.717) is 6.04 Å². The van der Waals surface area contributed by atoms with Crippen molar-refractivity contribution in [2.75, 3.05) is 13.1 Å². The van der Waals surface area contributed by atoms with Crippen molar-refractivity contribution < 1.29 is 9.90 Å². The first kappa shape index (κ1) is 14.6. The van der Waals surface area contributed by atoms with E-state index in [4.69, 9.17) is 0 Å². The summed E-state index contributed by atoms with van der Waals surface area (Å²) in [5, 5.41) is 9.73. The summed E-state index contributed by atoms with van der Waals surface area (Å²) >= 11 is 0. The molecular weight excluding hydrogens is 262 g/mol. The van der Waals surface area contributed by atoms with E-state index in [1.807, 2.05) is 0 Å². The van der Waals surface area contributed by atoms with Crippen molar-refractivity contribution in [2.45, 2.75) is 51.5 Å². The zero-order valence-corrected chi connectivity index (χ0v) is 12.8. The molecule has 3 rings (SSSR count). The summed E-state index contributed by atoms with van der Waals surface area (Å²) in [6.45, 7) is 3.88. The van der Waals surface area contributed by atoms with Crippen LogP contribution in [0.5, 0.6) is 0 Å². The topological polar surface area (TPSA) is 40.5 Å². The summed E-state index contributed by atoms with van der Waals surface area (Å²) in [5.74, 6) is -0.593. The number of aliphatic carboxylic acids is 1. The molecule has 0 spiro atoms. The quantitative estimate of drug-likeness (QED) is 0.925. The molecule has 1 aliphatic heterocycles. The Morgan fingerprint density at radius 3 is 2.57 bits per heavy atom. The fourth-order valence-corrected chi connectivity index (χ4v) is 4.24. The minimum Gasteiger partial charge on any atom is -0.481 e. The highest BCUT2D eigenvalue weighted by molar-refractivity contribution is 5.75. The van der Waals surface area contributed by atoms with Gasteiger partial charge in [0.1, 0.15) is 0 Å². The van der Waals surface area contributed by atoms with Crippen molar-refractivity contribution in [3.63, 3.8) is 0 Å². The number of fused-ring (bicyclic) bond motifs is 1. The first-order valence-corrected chi connectivity index (χ1v) is 8.19. The van der Waals surface area contributed by atoms with Gasteiger partial charge in [-0.2, -0.15) is 0 Å². The van der Waals surface area contributed by atoms with Crippen LogP contribution in [0, 0.1) is 5.41 Å². The molecule has 1 aliphatic carbocycles. The summed E-state index contributed by atoms with van der Waals surface area (Å²) < 4.78 is 0. The molecule has 2 aliphatic rings. The Morgan fingerprint density at radius 1 is 1.33 bits per heavy atom. The molecule has 1 N–H and O–H groups in total. The maximum atomic E-state index is 11.8. The molecule has 0 amide bonds. The third-order valence-corrected chi connectivity index (χ3v) is 5.33. The number of hydrogen-bond donors (Lipinski definition) is 1. The van der Waals surface area contributed by atoms with E-state index in [9.17, 15) is 9.90 Å². The minimum absolute atomic E-state index is 0.498. The van der Waals surface area contributed by atoms with Gasteiger partial charge in [0.25, 0.3) is 0 Å². The average Bonchev–Trinajstić information content (AvgIpc) is 2.91. The van der Waals surface area contributed by atoms with Crippen LogP contribution in [0.4, 0.5) is 0 Å². The SMILES string of the molecule is CCCC1(C(=O)O)CCCN(C2Cc3ccccc3C2)C1. The van der Waals surface area contributed by atoms with E-state index >= 15 is 0 Å². The van der Waals surface area contributed by atoms with E-state index in [1.165, 1.54) is 11.1 Å². The van der Waals surface area contributed by atoms with E-state index in [-0.39, 0.29) is 0 Å². The van der Waals surface area contributed by atoms with Gasteiger partial charge in [-0.25, -0.2) is 0 Å². The second kappa shape index (κ2) is 5.80. The van der Waals surface area contributed by atoms with Gasteiger partial charge in [0.05, 0.1) is 5.41 Å². The molecule has 1 saturated heterocycles. The van der Waals surface area contributed by atoms with E-state index in [1.54, 1.807) is 0 Å². The minimum atomic E-state index is -0.593. The van der Waals surface area contributed by atoms with Crippen molar-refractivity contribution in [3.05, 3.63) is 35.4 Å². The van der Waals surface area contributed by atoms with Crippen LogP contribution >= 0.6 is 0 Å². The summed E-state index contributed by atoms with van der Waals surface area (Å²) in [6.07, 6.45) is 5.77. The fraction of sp³-hybridized carbons (Fsp3) is 0.611. The summed E-state index contributed by atoms with van der Waals surface area (Å²) in [7, 11) is 0. The van der Waals surface area contributed by atoms with Crippen molar-refractivity contribution in [1.82, 2.24) is 4.90 Å². The molecule has 0 saturated carbocycles. The highest BCUT2D eigenvalue weighted by Crippen LogP contribution is 2.37. The number of benzene rings is 1. The van der Waals surface area contributed by atoms with Gasteiger partial charge in [-0.3, -0.25) is 9.69 Å². The highest BCUT2D eigenvalue weighted by atomic mass is 16.4. The lowest BCUT2D eigenvalue weighted by atomic mass is 9.76. The summed E-state index contributed by atoms with van der Waals surface area (Å²) in [4.78, 5) is 14.3. The Labute approximate surface area is 127 Å². The summed E-state index contributed by atoms with van der Waals surface area (Å²) in [5.41, 5.74) is 2.39. The third-order valence-electron chi connectivity index (χ3n) is 5.33. The number of piperidine rings is 1. The molecule has 0 radical (unpaired) electrons. The molecule has 1 atom stereocenters. The van der Waals surface area contributed by atoms with Gasteiger partial charge in [-0.1, -0.05) is 37.6 Å². The molecule has 1 aromatic carbocycles. The second-order valence-electron chi connectivity index (χ2n) is 6.74. The van der Waals surface area contributed by atoms with Gasteiger partial charge in [0, 0.05) is 12.6 Å². The lowest BCUT2D eigenvalue weighted by Crippen LogP contribution is -2.51. The zero-order chi connectivity index (χ0) is 14.9. The molecule has 1 unspecified atom stereocenters. The maximum Gasteiger partial charge on any atom is 0.310 e. The Morgan fingerprint density at radius 2 is 2.00 bits per heavy atom. The Balaban J connectivity index is 1.74. The van der Waals surface area contributed by atoms with Crippen LogP contribution in [0.2, 0.25) is 0 Å². The van der Waals surface area contributed by atoms with Crippen LogP contribution in [-0.2, 0) is 17.6 Å². The largest absolute Gasteiger partial charge is 0.481 e. The van der Waals surface area contributed by atoms with Crippen LogP contribution < -0.4 is 0 Å².